The summed E-state index contributed by atoms with van der Waals surface area (Å²) in [5.74, 6) is 0. The van der Waals surface area contributed by atoms with Gasteiger partial charge in [-0.3, -0.25) is 5.32 Å². The number of rotatable bonds is 4. The molecule has 3 aromatic carbocycles. The third kappa shape index (κ3) is 3.60. The lowest BCUT2D eigenvalue weighted by Crippen LogP contribution is -2.13. The average molecular weight is 371 g/mol. The Kier molecular flexibility index (Phi) is 4.81. The number of anilines is 3. The van der Waals surface area contributed by atoms with Gasteiger partial charge in [-0.05, 0) is 49.7 Å². The molecule has 0 aliphatic carbocycles. The van der Waals surface area contributed by atoms with Gasteiger partial charge in [0.05, 0.1) is 23.3 Å². The predicted molar refractivity (Wildman–Crippen MR) is 114 cm³/mol. The molecule has 0 unspecified atom stereocenters. The van der Waals surface area contributed by atoms with Crippen LogP contribution in [0.1, 0.15) is 12.5 Å². The fourth-order valence-electron chi connectivity index (χ4n) is 3.33. The first-order chi connectivity index (χ1) is 13.6. The number of nitrogens with zero attached hydrogens (tertiary/aromatic N) is 1. The van der Waals surface area contributed by atoms with Gasteiger partial charge in [-0.2, -0.15) is 0 Å². The van der Waals surface area contributed by atoms with Crippen molar-refractivity contribution in [3.63, 3.8) is 0 Å². The minimum atomic E-state index is -0.459. The molecule has 0 bridgehead atoms. The van der Waals surface area contributed by atoms with E-state index in [0.717, 1.165) is 38.7 Å². The number of hydrogen-bond donors (Lipinski definition) is 2. The van der Waals surface area contributed by atoms with Crippen molar-refractivity contribution in [2.45, 2.75) is 13.8 Å². The Morgan fingerprint density at radius 3 is 2.18 bits per heavy atom. The quantitative estimate of drug-likeness (QED) is 0.431. The maximum Gasteiger partial charge on any atom is 0.411 e. The van der Waals surface area contributed by atoms with Crippen molar-refractivity contribution in [2.75, 3.05) is 17.2 Å². The Morgan fingerprint density at radius 2 is 1.54 bits per heavy atom. The number of carbonyl (C=O) groups is 1. The number of aromatic nitrogens is 1. The molecular weight excluding hydrogens is 350 g/mol. The second kappa shape index (κ2) is 7.56. The van der Waals surface area contributed by atoms with Crippen LogP contribution in [0.25, 0.3) is 21.8 Å². The number of amides is 1. The maximum absolute atomic E-state index is 11.8. The van der Waals surface area contributed by atoms with Crippen molar-refractivity contribution in [3.05, 3.63) is 72.3 Å². The number of ether oxygens (including phenoxy) is 1. The molecule has 28 heavy (non-hydrogen) atoms. The molecule has 0 saturated carbocycles. The van der Waals surface area contributed by atoms with Gasteiger partial charge in [-0.15, -0.1) is 0 Å². The molecule has 0 fully saturated rings. The number of nitrogens with one attached hydrogen (secondary N) is 2. The summed E-state index contributed by atoms with van der Waals surface area (Å²) in [7, 11) is 0. The summed E-state index contributed by atoms with van der Waals surface area (Å²) in [4.78, 5) is 16.5. The van der Waals surface area contributed by atoms with E-state index in [2.05, 4.69) is 22.8 Å². The van der Waals surface area contributed by atoms with E-state index >= 15 is 0 Å². The van der Waals surface area contributed by atoms with Crippen LogP contribution >= 0.6 is 0 Å². The van der Waals surface area contributed by atoms with E-state index in [0.29, 0.717) is 12.3 Å². The largest absolute Gasteiger partial charge is 0.450 e. The molecule has 4 aromatic rings. The van der Waals surface area contributed by atoms with Crippen LogP contribution in [-0.2, 0) is 4.74 Å². The normalized spacial score (nSPS) is 10.8. The van der Waals surface area contributed by atoms with E-state index in [1.165, 1.54) is 0 Å². The zero-order valence-corrected chi connectivity index (χ0v) is 15.8. The van der Waals surface area contributed by atoms with Crippen molar-refractivity contribution in [2.24, 2.45) is 0 Å². The highest BCUT2D eigenvalue weighted by atomic mass is 16.5. The third-order valence-electron chi connectivity index (χ3n) is 4.46. The fourth-order valence-corrected chi connectivity index (χ4v) is 3.33. The van der Waals surface area contributed by atoms with Crippen molar-refractivity contribution >= 4 is 45.0 Å². The Balaban J connectivity index is 1.79. The maximum atomic E-state index is 11.8. The number of fused-ring (bicyclic) bond motifs is 2. The lowest BCUT2D eigenvalue weighted by molar-refractivity contribution is 0.168. The van der Waals surface area contributed by atoms with Gasteiger partial charge in [0.25, 0.3) is 0 Å². The lowest BCUT2D eigenvalue weighted by atomic mass is 10.1. The fraction of sp³-hybridized carbons (Fsp3) is 0.130. The molecule has 1 aromatic heterocycles. The van der Waals surface area contributed by atoms with Gasteiger partial charge in [0.2, 0.25) is 0 Å². The summed E-state index contributed by atoms with van der Waals surface area (Å²) >= 11 is 0. The van der Waals surface area contributed by atoms with Crippen molar-refractivity contribution < 1.29 is 9.53 Å². The van der Waals surface area contributed by atoms with Gasteiger partial charge in [0, 0.05) is 22.1 Å². The smallest absolute Gasteiger partial charge is 0.411 e. The highest BCUT2D eigenvalue weighted by Gasteiger charge is 2.10. The van der Waals surface area contributed by atoms with E-state index in [1.54, 1.807) is 6.92 Å². The number of pyridine rings is 1. The van der Waals surface area contributed by atoms with Crippen molar-refractivity contribution in [3.8, 4) is 0 Å². The Labute approximate surface area is 163 Å². The number of hydrogen-bond acceptors (Lipinski definition) is 4. The molecule has 0 atom stereocenters. The molecule has 5 nitrogen and oxygen atoms in total. The van der Waals surface area contributed by atoms with E-state index in [-0.39, 0.29) is 0 Å². The second-order valence-corrected chi connectivity index (χ2v) is 6.58. The summed E-state index contributed by atoms with van der Waals surface area (Å²) in [6, 6.07) is 22.0. The average Bonchev–Trinajstić information content (AvgIpc) is 2.67. The Morgan fingerprint density at radius 1 is 0.929 bits per heavy atom. The summed E-state index contributed by atoms with van der Waals surface area (Å²) in [5, 5.41) is 8.40. The molecule has 1 heterocycles. The zero-order chi connectivity index (χ0) is 19.5. The molecule has 5 heteroatoms. The topological polar surface area (TPSA) is 63.2 Å². The van der Waals surface area contributed by atoms with Gasteiger partial charge in [0.15, 0.2) is 0 Å². The zero-order valence-electron chi connectivity index (χ0n) is 15.8. The molecule has 2 N–H and O–H groups in total. The molecule has 140 valence electrons. The monoisotopic (exact) mass is 371 g/mol. The number of carbonyl (C=O) groups excluding carboxylic acids is 1. The molecule has 4 rings (SSSR count). The minimum Gasteiger partial charge on any atom is -0.450 e. The number of para-hydroxylation sites is 2. The van der Waals surface area contributed by atoms with Crippen molar-refractivity contribution in [1.29, 1.82) is 0 Å². The lowest BCUT2D eigenvalue weighted by Gasteiger charge is -2.15. The predicted octanol–water partition coefficient (Wildman–Crippen LogP) is 6.01. The first-order valence-electron chi connectivity index (χ1n) is 9.24. The van der Waals surface area contributed by atoms with Gasteiger partial charge in [-0.1, -0.05) is 36.4 Å². The third-order valence-corrected chi connectivity index (χ3v) is 4.46. The second-order valence-electron chi connectivity index (χ2n) is 6.58. The number of aryl methyl sites for hydroxylation is 1. The highest BCUT2D eigenvalue weighted by Crippen LogP contribution is 2.33. The van der Waals surface area contributed by atoms with Crippen LogP contribution in [0.5, 0.6) is 0 Å². The van der Waals surface area contributed by atoms with Crippen LogP contribution in [0.3, 0.4) is 0 Å². The van der Waals surface area contributed by atoms with Crippen LogP contribution < -0.4 is 10.6 Å². The summed E-state index contributed by atoms with van der Waals surface area (Å²) < 4.78 is 4.98. The molecule has 0 saturated heterocycles. The van der Waals surface area contributed by atoms with E-state index in [9.17, 15) is 4.79 Å². The minimum absolute atomic E-state index is 0.331. The molecule has 0 spiro atoms. The summed E-state index contributed by atoms with van der Waals surface area (Å²) in [6.45, 7) is 4.10. The SMILES string of the molecule is CCOC(=O)Nc1cc(C)cc(Nc2c3ccccc3nc3ccccc23)c1. The van der Waals surface area contributed by atoms with Gasteiger partial charge >= 0.3 is 6.09 Å². The molecule has 0 aliphatic rings. The van der Waals surface area contributed by atoms with E-state index in [4.69, 9.17) is 9.72 Å². The Bertz CT molecular complexity index is 1120. The summed E-state index contributed by atoms with van der Waals surface area (Å²) in [6.07, 6.45) is -0.459. The molecule has 0 aliphatic heterocycles. The Hall–Kier alpha value is -3.60. The standard InChI is InChI=1S/C23H21N3O2/c1-3-28-23(27)25-17-13-15(2)12-16(14-17)24-22-18-8-4-6-10-20(18)26-21-11-7-5-9-19(21)22/h4-14H,3H2,1-2H3,(H,24,26)(H,25,27). The van der Waals surface area contributed by atoms with E-state index < -0.39 is 6.09 Å². The molecule has 1 amide bonds. The highest BCUT2D eigenvalue weighted by molar-refractivity contribution is 6.08. The van der Waals surface area contributed by atoms with Crippen LogP contribution in [-0.4, -0.2) is 17.7 Å². The van der Waals surface area contributed by atoms with Crippen LogP contribution in [0, 0.1) is 6.92 Å². The molecule has 0 radical (unpaired) electrons. The van der Waals surface area contributed by atoms with Crippen LogP contribution in [0.4, 0.5) is 21.9 Å². The van der Waals surface area contributed by atoms with Crippen LogP contribution in [0.2, 0.25) is 0 Å². The molecular formula is C23H21N3O2. The van der Waals surface area contributed by atoms with E-state index in [1.807, 2.05) is 61.5 Å². The first kappa shape index (κ1) is 17.8. The van der Waals surface area contributed by atoms with Gasteiger partial charge < -0.3 is 10.1 Å². The number of benzene rings is 3. The van der Waals surface area contributed by atoms with Crippen molar-refractivity contribution in [1.82, 2.24) is 4.98 Å². The van der Waals surface area contributed by atoms with Crippen LogP contribution in [0.15, 0.2) is 66.7 Å². The van der Waals surface area contributed by atoms with Gasteiger partial charge in [0.1, 0.15) is 0 Å². The summed E-state index contributed by atoms with van der Waals surface area (Å²) in [5.41, 5.74) is 5.45. The first-order valence-corrected chi connectivity index (χ1v) is 9.24. The van der Waals surface area contributed by atoms with Gasteiger partial charge in [-0.25, -0.2) is 9.78 Å².